The summed E-state index contributed by atoms with van der Waals surface area (Å²) in [5, 5.41) is 5.60. The summed E-state index contributed by atoms with van der Waals surface area (Å²) >= 11 is 3.49. The molecule has 2 aromatic carbocycles. The van der Waals surface area contributed by atoms with Crippen molar-refractivity contribution in [2.24, 2.45) is 0 Å². The molecule has 138 valence electrons. The van der Waals surface area contributed by atoms with Crippen molar-refractivity contribution in [2.45, 2.75) is 39.3 Å². The van der Waals surface area contributed by atoms with Gasteiger partial charge in [-0.25, -0.2) is 4.79 Å². The normalized spacial score (nSPS) is 12.2. The number of hydrogen-bond donors (Lipinski definition) is 2. The van der Waals surface area contributed by atoms with Gasteiger partial charge in [0.25, 0.3) is 5.91 Å². The first-order valence-corrected chi connectivity index (χ1v) is 9.10. The molecule has 2 aromatic rings. The van der Waals surface area contributed by atoms with E-state index in [1.807, 2.05) is 31.2 Å². The summed E-state index contributed by atoms with van der Waals surface area (Å²) in [5.74, 6) is -0.221. The highest BCUT2D eigenvalue weighted by molar-refractivity contribution is 9.10. The summed E-state index contributed by atoms with van der Waals surface area (Å²) in [6, 6.07) is 14.3. The molecule has 0 aliphatic heterocycles. The molecule has 0 radical (unpaired) electrons. The molecule has 0 aliphatic carbocycles. The molecule has 0 fully saturated rings. The lowest BCUT2D eigenvalue weighted by Crippen LogP contribution is -2.28. The molecule has 0 unspecified atom stereocenters. The zero-order valence-corrected chi connectivity index (χ0v) is 16.9. The number of hydrogen-bond acceptors (Lipinski definition) is 3. The van der Waals surface area contributed by atoms with Crippen molar-refractivity contribution in [2.75, 3.05) is 5.32 Å². The van der Waals surface area contributed by atoms with Crippen LogP contribution < -0.4 is 10.6 Å². The zero-order valence-electron chi connectivity index (χ0n) is 15.3. The first kappa shape index (κ1) is 20.0. The van der Waals surface area contributed by atoms with Crippen LogP contribution in [0.3, 0.4) is 0 Å². The predicted octanol–water partition coefficient (Wildman–Crippen LogP) is 5.29. The number of nitrogens with one attached hydrogen (secondary N) is 2. The number of carbonyl (C=O) groups is 2. The average Bonchev–Trinajstić information content (AvgIpc) is 2.53. The number of ether oxygens (including phenoxy) is 1. The van der Waals surface area contributed by atoms with Gasteiger partial charge in [0.2, 0.25) is 0 Å². The van der Waals surface area contributed by atoms with Crippen LogP contribution in [0.25, 0.3) is 0 Å². The van der Waals surface area contributed by atoms with E-state index in [0.29, 0.717) is 11.3 Å². The Kier molecular flexibility index (Phi) is 6.42. The fourth-order valence-electron chi connectivity index (χ4n) is 2.34. The van der Waals surface area contributed by atoms with Crippen molar-refractivity contribution >= 4 is 33.6 Å². The van der Waals surface area contributed by atoms with E-state index >= 15 is 0 Å². The van der Waals surface area contributed by atoms with Gasteiger partial charge in [0.1, 0.15) is 5.60 Å². The van der Waals surface area contributed by atoms with Crippen molar-refractivity contribution in [3.05, 3.63) is 64.1 Å². The molecule has 0 bridgehead atoms. The van der Waals surface area contributed by atoms with E-state index in [2.05, 4.69) is 26.6 Å². The molecule has 2 rings (SSSR count). The largest absolute Gasteiger partial charge is 0.444 e. The summed E-state index contributed by atoms with van der Waals surface area (Å²) < 4.78 is 6.16. The Balaban J connectivity index is 2.06. The van der Waals surface area contributed by atoms with Gasteiger partial charge >= 0.3 is 6.09 Å². The first-order valence-electron chi connectivity index (χ1n) is 8.31. The van der Waals surface area contributed by atoms with E-state index in [1.54, 1.807) is 45.0 Å². The van der Waals surface area contributed by atoms with Crippen molar-refractivity contribution in [1.29, 1.82) is 0 Å². The molecule has 1 atom stereocenters. The van der Waals surface area contributed by atoms with Crippen LogP contribution in [-0.2, 0) is 4.74 Å². The maximum absolute atomic E-state index is 12.5. The van der Waals surface area contributed by atoms with E-state index in [1.165, 1.54) is 0 Å². The number of amides is 2. The molecule has 5 nitrogen and oxygen atoms in total. The Labute approximate surface area is 162 Å². The van der Waals surface area contributed by atoms with Gasteiger partial charge in [-0.2, -0.15) is 0 Å². The van der Waals surface area contributed by atoms with Gasteiger partial charge in [-0.1, -0.05) is 40.2 Å². The Bertz CT molecular complexity index is 800. The SMILES string of the molecule is C[C@H](NC(=O)c1cccc(NC(=O)OC(C)(C)C)c1)c1ccccc1Br. The van der Waals surface area contributed by atoms with Gasteiger partial charge in [0.15, 0.2) is 0 Å². The lowest BCUT2D eigenvalue weighted by Gasteiger charge is -2.20. The van der Waals surface area contributed by atoms with E-state index < -0.39 is 11.7 Å². The lowest BCUT2D eigenvalue weighted by atomic mass is 10.1. The third-order valence-corrected chi connectivity index (χ3v) is 4.21. The standard InChI is InChI=1S/C20H23BrN2O3/c1-13(16-10-5-6-11-17(16)21)22-18(24)14-8-7-9-15(12-14)23-19(25)26-20(2,3)4/h5-13H,1-4H3,(H,22,24)(H,23,25)/t13-/m0/s1. The first-order chi connectivity index (χ1) is 12.2. The fraction of sp³-hybridized carbons (Fsp3) is 0.300. The summed E-state index contributed by atoms with van der Waals surface area (Å²) in [4.78, 5) is 24.4. The van der Waals surface area contributed by atoms with Crippen molar-refractivity contribution in [3.8, 4) is 0 Å². The average molecular weight is 419 g/mol. The van der Waals surface area contributed by atoms with Crippen LogP contribution in [0.4, 0.5) is 10.5 Å². The number of benzene rings is 2. The van der Waals surface area contributed by atoms with Crippen LogP contribution in [0.1, 0.15) is 49.7 Å². The van der Waals surface area contributed by atoms with Crippen LogP contribution in [0, 0.1) is 0 Å². The van der Waals surface area contributed by atoms with Crippen LogP contribution in [0.5, 0.6) is 0 Å². The molecule has 0 heterocycles. The predicted molar refractivity (Wildman–Crippen MR) is 106 cm³/mol. The maximum atomic E-state index is 12.5. The van der Waals surface area contributed by atoms with Gasteiger partial charge in [-0.15, -0.1) is 0 Å². The minimum absolute atomic E-state index is 0.166. The second-order valence-electron chi connectivity index (χ2n) is 6.92. The van der Waals surface area contributed by atoms with Gasteiger partial charge in [0.05, 0.1) is 6.04 Å². The molecule has 26 heavy (non-hydrogen) atoms. The third-order valence-electron chi connectivity index (χ3n) is 3.49. The molecular weight excluding hydrogens is 396 g/mol. The molecule has 2 N–H and O–H groups in total. The van der Waals surface area contributed by atoms with E-state index in [4.69, 9.17) is 4.74 Å². The smallest absolute Gasteiger partial charge is 0.412 e. The summed E-state index contributed by atoms with van der Waals surface area (Å²) in [5.41, 5.74) is 1.36. The molecule has 6 heteroatoms. The van der Waals surface area contributed by atoms with Crippen molar-refractivity contribution < 1.29 is 14.3 Å². The lowest BCUT2D eigenvalue weighted by molar-refractivity contribution is 0.0635. The Morgan fingerprint density at radius 1 is 1.08 bits per heavy atom. The summed E-state index contributed by atoms with van der Waals surface area (Å²) in [6.07, 6.45) is -0.559. The van der Waals surface area contributed by atoms with Gasteiger partial charge in [-0.3, -0.25) is 10.1 Å². The summed E-state index contributed by atoms with van der Waals surface area (Å²) in [6.45, 7) is 7.29. The van der Waals surface area contributed by atoms with Crippen LogP contribution in [-0.4, -0.2) is 17.6 Å². The van der Waals surface area contributed by atoms with E-state index in [0.717, 1.165) is 10.0 Å². The topological polar surface area (TPSA) is 67.4 Å². The monoisotopic (exact) mass is 418 g/mol. The molecular formula is C20H23BrN2O3. The number of carbonyl (C=O) groups excluding carboxylic acids is 2. The van der Waals surface area contributed by atoms with E-state index in [-0.39, 0.29) is 11.9 Å². The van der Waals surface area contributed by atoms with Crippen molar-refractivity contribution in [1.82, 2.24) is 5.32 Å². The second-order valence-corrected chi connectivity index (χ2v) is 7.78. The highest BCUT2D eigenvalue weighted by Crippen LogP contribution is 2.23. The zero-order chi connectivity index (χ0) is 19.3. The van der Waals surface area contributed by atoms with Crippen LogP contribution in [0.15, 0.2) is 53.0 Å². The van der Waals surface area contributed by atoms with Crippen LogP contribution >= 0.6 is 15.9 Å². The quantitative estimate of drug-likeness (QED) is 0.708. The molecule has 2 amide bonds. The highest BCUT2D eigenvalue weighted by Gasteiger charge is 2.17. The minimum Gasteiger partial charge on any atom is -0.444 e. The number of rotatable bonds is 4. The fourth-order valence-corrected chi connectivity index (χ4v) is 2.97. The van der Waals surface area contributed by atoms with Crippen molar-refractivity contribution in [3.63, 3.8) is 0 Å². The summed E-state index contributed by atoms with van der Waals surface area (Å²) in [7, 11) is 0. The molecule has 0 aromatic heterocycles. The molecule has 0 saturated heterocycles. The number of halogens is 1. The Morgan fingerprint density at radius 3 is 2.42 bits per heavy atom. The highest BCUT2D eigenvalue weighted by atomic mass is 79.9. The third kappa shape index (κ3) is 5.88. The molecule has 0 saturated carbocycles. The van der Waals surface area contributed by atoms with Gasteiger partial charge in [0, 0.05) is 15.7 Å². The van der Waals surface area contributed by atoms with Gasteiger partial charge < -0.3 is 10.1 Å². The van der Waals surface area contributed by atoms with Gasteiger partial charge in [-0.05, 0) is 57.5 Å². The Hall–Kier alpha value is -2.34. The number of anilines is 1. The Morgan fingerprint density at radius 2 is 1.77 bits per heavy atom. The maximum Gasteiger partial charge on any atom is 0.412 e. The van der Waals surface area contributed by atoms with Crippen LogP contribution in [0.2, 0.25) is 0 Å². The van der Waals surface area contributed by atoms with E-state index in [9.17, 15) is 9.59 Å². The second kappa shape index (κ2) is 8.36. The molecule has 0 spiro atoms. The minimum atomic E-state index is -0.586. The molecule has 0 aliphatic rings.